The summed E-state index contributed by atoms with van der Waals surface area (Å²) in [7, 11) is 0. The van der Waals surface area contributed by atoms with Crippen molar-refractivity contribution in [1.29, 1.82) is 0 Å². The molecule has 1 aliphatic heterocycles. The first-order chi connectivity index (χ1) is 16.2. The molecule has 4 rings (SSSR count). The number of amides is 3. The first-order valence-corrected chi connectivity index (χ1v) is 13.0. The number of rotatable bonds is 4. The van der Waals surface area contributed by atoms with Crippen LogP contribution in [0.5, 0.6) is 0 Å². The highest BCUT2D eigenvalue weighted by Crippen LogP contribution is 2.55. The zero-order chi connectivity index (χ0) is 24.5. The van der Waals surface area contributed by atoms with Gasteiger partial charge in [0.05, 0.1) is 6.10 Å². The van der Waals surface area contributed by atoms with Gasteiger partial charge < -0.3 is 20.6 Å². The first-order valence-electron chi connectivity index (χ1n) is 13.0. The molecule has 7 heteroatoms. The lowest BCUT2D eigenvalue weighted by Crippen LogP contribution is -2.59. The number of aliphatic hydroxyl groups excluding tert-OH is 1. The summed E-state index contributed by atoms with van der Waals surface area (Å²) >= 11 is 0. The van der Waals surface area contributed by atoms with Crippen LogP contribution in [-0.4, -0.2) is 47.2 Å². The summed E-state index contributed by atoms with van der Waals surface area (Å²) < 4.78 is 13.5. The number of hydrogen-bond acceptors (Lipinski definition) is 3. The molecular formula is C27H40FN3O3. The number of nitrogens with one attached hydrogen (secondary N) is 2. The van der Waals surface area contributed by atoms with Gasteiger partial charge in [-0.2, -0.15) is 0 Å². The number of halogens is 1. The van der Waals surface area contributed by atoms with E-state index in [0.29, 0.717) is 5.69 Å². The van der Waals surface area contributed by atoms with Crippen molar-refractivity contribution in [2.75, 3.05) is 18.4 Å². The standard InChI is InChI=1S/C27H40FN3O3/c1-17(25(33)31-14-5-4-6-15-31)21-10-12-27(3)13-11-22(18(2)23(27)24(21)32)30-26(34)29-20-9-7-8-19(28)16-20/h7-9,16-18,21-24,32H,4-6,10-15H2,1-3H3,(H2,29,30,34)/t17-,18+,21?,22-,23+,24-,27-/m0/s1. The van der Waals surface area contributed by atoms with Crippen molar-refractivity contribution < 1.29 is 19.1 Å². The monoisotopic (exact) mass is 473 g/mol. The van der Waals surface area contributed by atoms with Crippen LogP contribution in [0, 0.1) is 34.9 Å². The fourth-order valence-corrected chi connectivity index (χ4v) is 6.98. The number of anilines is 1. The molecule has 1 aromatic rings. The molecule has 2 aliphatic carbocycles. The molecule has 0 aromatic heterocycles. The maximum Gasteiger partial charge on any atom is 0.319 e. The molecule has 0 radical (unpaired) electrons. The first kappa shape index (κ1) is 25.0. The summed E-state index contributed by atoms with van der Waals surface area (Å²) in [5, 5.41) is 17.4. The smallest absolute Gasteiger partial charge is 0.319 e. The van der Waals surface area contributed by atoms with E-state index in [1.807, 2.05) is 11.8 Å². The van der Waals surface area contributed by atoms with Gasteiger partial charge in [-0.25, -0.2) is 9.18 Å². The van der Waals surface area contributed by atoms with E-state index in [2.05, 4.69) is 24.5 Å². The number of likely N-dealkylation sites (tertiary alicyclic amines) is 1. The number of nitrogens with zero attached hydrogens (tertiary/aromatic N) is 1. The molecule has 3 fully saturated rings. The van der Waals surface area contributed by atoms with E-state index in [9.17, 15) is 19.1 Å². The number of hydrogen-bond donors (Lipinski definition) is 3. The second-order valence-electron chi connectivity index (χ2n) is 11.2. The lowest BCUT2D eigenvalue weighted by molar-refractivity contribution is -0.150. The minimum atomic E-state index is -0.576. The van der Waals surface area contributed by atoms with Crippen molar-refractivity contribution in [3.05, 3.63) is 30.1 Å². The summed E-state index contributed by atoms with van der Waals surface area (Å²) in [5.41, 5.74) is 0.411. The maximum absolute atomic E-state index is 13.5. The van der Waals surface area contributed by atoms with Crippen LogP contribution < -0.4 is 10.6 Å². The van der Waals surface area contributed by atoms with E-state index in [1.165, 1.54) is 18.6 Å². The summed E-state index contributed by atoms with van der Waals surface area (Å²) in [4.78, 5) is 27.8. The quantitative estimate of drug-likeness (QED) is 0.588. The highest BCUT2D eigenvalue weighted by atomic mass is 19.1. The number of piperidine rings is 1. The molecule has 1 unspecified atom stereocenters. The van der Waals surface area contributed by atoms with Crippen LogP contribution in [0.15, 0.2) is 24.3 Å². The van der Waals surface area contributed by atoms with Gasteiger partial charge in [-0.05, 0) is 86.3 Å². The van der Waals surface area contributed by atoms with Gasteiger partial charge in [0.15, 0.2) is 0 Å². The number of urea groups is 1. The molecule has 2 saturated carbocycles. The number of carbonyl (C=O) groups is 2. The van der Waals surface area contributed by atoms with E-state index in [4.69, 9.17) is 0 Å². The lowest BCUT2D eigenvalue weighted by Gasteiger charge is -2.56. The van der Waals surface area contributed by atoms with E-state index in [-0.39, 0.29) is 47.1 Å². The Morgan fingerprint density at radius 2 is 1.88 bits per heavy atom. The van der Waals surface area contributed by atoms with E-state index >= 15 is 0 Å². The number of benzene rings is 1. The van der Waals surface area contributed by atoms with E-state index < -0.39 is 11.9 Å². The number of carbonyl (C=O) groups excluding carboxylic acids is 2. The molecule has 0 bridgehead atoms. The van der Waals surface area contributed by atoms with Crippen LogP contribution in [0.4, 0.5) is 14.9 Å². The highest BCUT2D eigenvalue weighted by molar-refractivity contribution is 5.89. The third-order valence-corrected chi connectivity index (χ3v) is 8.99. The van der Waals surface area contributed by atoms with E-state index in [1.54, 1.807) is 12.1 Å². The van der Waals surface area contributed by atoms with Gasteiger partial charge in [0, 0.05) is 30.7 Å². The Hall–Kier alpha value is -2.15. The van der Waals surface area contributed by atoms with Gasteiger partial charge in [0.2, 0.25) is 5.91 Å². The van der Waals surface area contributed by atoms with Gasteiger partial charge in [0.1, 0.15) is 5.82 Å². The van der Waals surface area contributed by atoms with Crippen molar-refractivity contribution in [3.63, 3.8) is 0 Å². The third kappa shape index (κ3) is 5.09. The maximum atomic E-state index is 13.5. The topological polar surface area (TPSA) is 81.7 Å². The lowest BCUT2D eigenvalue weighted by atomic mass is 9.51. The van der Waals surface area contributed by atoms with Crippen LogP contribution in [0.25, 0.3) is 0 Å². The molecule has 3 amide bonds. The number of fused-ring (bicyclic) bond motifs is 1. The minimum Gasteiger partial charge on any atom is -0.392 e. The molecule has 3 aliphatic rings. The largest absolute Gasteiger partial charge is 0.392 e. The molecule has 1 saturated heterocycles. The van der Waals surface area contributed by atoms with Gasteiger partial charge in [0.25, 0.3) is 0 Å². The predicted octanol–water partition coefficient (Wildman–Crippen LogP) is 4.79. The van der Waals surface area contributed by atoms with Gasteiger partial charge in [-0.15, -0.1) is 0 Å². The second-order valence-corrected chi connectivity index (χ2v) is 11.2. The normalized spacial score (nSPS) is 34.6. The molecule has 1 heterocycles. The zero-order valence-corrected chi connectivity index (χ0v) is 20.7. The van der Waals surface area contributed by atoms with Crippen LogP contribution in [0.1, 0.15) is 65.7 Å². The Kier molecular flexibility index (Phi) is 7.51. The SMILES string of the molecule is C[C@H]1[C@@H]2[C@@H](O)C([C@H](C)C(=O)N3CCCCC3)CC[C@@]2(C)CC[C@@H]1NC(=O)Nc1cccc(F)c1. The Morgan fingerprint density at radius 3 is 2.59 bits per heavy atom. The zero-order valence-electron chi connectivity index (χ0n) is 20.7. The molecule has 34 heavy (non-hydrogen) atoms. The molecule has 6 nitrogen and oxygen atoms in total. The Labute approximate surface area is 202 Å². The van der Waals surface area contributed by atoms with Gasteiger partial charge in [-0.1, -0.05) is 26.8 Å². The molecule has 0 spiro atoms. The van der Waals surface area contributed by atoms with Gasteiger partial charge in [-0.3, -0.25) is 4.79 Å². The number of aliphatic hydroxyl groups is 1. The van der Waals surface area contributed by atoms with Crippen molar-refractivity contribution in [3.8, 4) is 0 Å². The Morgan fingerprint density at radius 1 is 1.18 bits per heavy atom. The van der Waals surface area contributed by atoms with Crippen LogP contribution in [0.2, 0.25) is 0 Å². The molecule has 7 atom stereocenters. The van der Waals surface area contributed by atoms with Crippen molar-refractivity contribution in [2.24, 2.45) is 29.1 Å². The average Bonchev–Trinajstić information content (AvgIpc) is 2.81. The second kappa shape index (κ2) is 10.2. The van der Waals surface area contributed by atoms with Gasteiger partial charge >= 0.3 is 6.03 Å². The summed E-state index contributed by atoms with van der Waals surface area (Å²) in [6, 6.07) is 5.39. The Balaban J connectivity index is 1.42. The van der Waals surface area contributed by atoms with Crippen molar-refractivity contribution in [2.45, 2.75) is 77.9 Å². The summed E-state index contributed by atoms with van der Waals surface area (Å²) in [6.45, 7) is 8.01. The Bertz CT molecular complexity index is 890. The van der Waals surface area contributed by atoms with Crippen LogP contribution >= 0.6 is 0 Å². The van der Waals surface area contributed by atoms with Crippen molar-refractivity contribution >= 4 is 17.6 Å². The predicted molar refractivity (Wildman–Crippen MR) is 131 cm³/mol. The summed E-state index contributed by atoms with van der Waals surface area (Å²) in [6.07, 6.45) is 6.35. The summed E-state index contributed by atoms with van der Waals surface area (Å²) in [5.74, 6) is -0.406. The van der Waals surface area contributed by atoms with Crippen LogP contribution in [0.3, 0.4) is 0 Å². The molecular weight excluding hydrogens is 433 g/mol. The van der Waals surface area contributed by atoms with Crippen LogP contribution in [-0.2, 0) is 4.79 Å². The van der Waals surface area contributed by atoms with E-state index in [0.717, 1.165) is 51.6 Å². The average molecular weight is 474 g/mol. The molecule has 1 aromatic carbocycles. The fraction of sp³-hybridized carbons (Fsp3) is 0.704. The van der Waals surface area contributed by atoms with Crippen molar-refractivity contribution in [1.82, 2.24) is 10.2 Å². The highest BCUT2D eigenvalue weighted by Gasteiger charge is 2.54. The minimum absolute atomic E-state index is 0.000436. The fourth-order valence-electron chi connectivity index (χ4n) is 6.98. The molecule has 188 valence electrons. The third-order valence-electron chi connectivity index (χ3n) is 8.99. The molecule has 3 N–H and O–H groups in total.